The molecule has 36 heavy (non-hydrogen) atoms. The number of fused-ring (bicyclic) bond motifs is 4. The van der Waals surface area contributed by atoms with Crippen molar-refractivity contribution in [3.8, 4) is 0 Å². The SMILES string of the molecule is O=C(CSc1nc2ccc(NC(=O)c3ccccc3)cc2s1)Nc1ccc2c(c1)oc1ccccc12. The molecule has 2 aromatic heterocycles. The third kappa shape index (κ3) is 4.56. The van der Waals surface area contributed by atoms with Crippen molar-refractivity contribution in [3.63, 3.8) is 0 Å². The molecule has 0 unspecified atom stereocenters. The van der Waals surface area contributed by atoms with Crippen molar-refractivity contribution in [3.05, 3.63) is 96.6 Å². The number of hydrogen-bond acceptors (Lipinski definition) is 6. The molecule has 4 aromatic carbocycles. The molecule has 0 atom stereocenters. The van der Waals surface area contributed by atoms with Crippen LogP contribution in [-0.4, -0.2) is 22.6 Å². The Kier molecular flexibility index (Phi) is 5.88. The summed E-state index contributed by atoms with van der Waals surface area (Å²) in [7, 11) is 0. The minimum atomic E-state index is -0.161. The summed E-state index contributed by atoms with van der Waals surface area (Å²) in [4.78, 5) is 29.6. The summed E-state index contributed by atoms with van der Waals surface area (Å²) in [6.07, 6.45) is 0. The largest absolute Gasteiger partial charge is 0.456 e. The zero-order valence-electron chi connectivity index (χ0n) is 18.9. The van der Waals surface area contributed by atoms with Gasteiger partial charge in [0.15, 0.2) is 4.34 Å². The maximum atomic E-state index is 12.6. The van der Waals surface area contributed by atoms with Gasteiger partial charge in [-0.25, -0.2) is 4.98 Å². The van der Waals surface area contributed by atoms with E-state index in [1.807, 2.05) is 78.9 Å². The van der Waals surface area contributed by atoms with E-state index in [0.717, 1.165) is 36.5 Å². The van der Waals surface area contributed by atoms with E-state index in [-0.39, 0.29) is 17.6 Å². The van der Waals surface area contributed by atoms with Gasteiger partial charge in [0, 0.05) is 33.8 Å². The Morgan fingerprint density at radius 3 is 2.44 bits per heavy atom. The predicted molar refractivity (Wildman–Crippen MR) is 147 cm³/mol. The molecule has 0 saturated heterocycles. The van der Waals surface area contributed by atoms with Crippen molar-refractivity contribution in [2.75, 3.05) is 16.4 Å². The highest BCUT2D eigenvalue weighted by Crippen LogP contribution is 2.32. The topological polar surface area (TPSA) is 84.2 Å². The zero-order chi connectivity index (χ0) is 24.5. The minimum absolute atomic E-state index is 0.120. The van der Waals surface area contributed by atoms with Crippen LogP contribution >= 0.6 is 23.1 Å². The lowest BCUT2D eigenvalue weighted by Crippen LogP contribution is -2.13. The number of hydrogen-bond donors (Lipinski definition) is 2. The lowest BCUT2D eigenvalue weighted by Gasteiger charge is -2.04. The van der Waals surface area contributed by atoms with Crippen molar-refractivity contribution >= 4 is 78.4 Å². The molecule has 0 aliphatic carbocycles. The first-order chi connectivity index (χ1) is 17.6. The van der Waals surface area contributed by atoms with Crippen LogP contribution in [0.1, 0.15) is 10.4 Å². The predicted octanol–water partition coefficient (Wildman–Crippen LogP) is 7.18. The Bertz CT molecular complexity index is 1740. The van der Waals surface area contributed by atoms with E-state index in [0.29, 0.717) is 16.9 Å². The average Bonchev–Trinajstić information content (AvgIpc) is 3.48. The summed E-state index contributed by atoms with van der Waals surface area (Å²) in [5.74, 6) is -0.0487. The van der Waals surface area contributed by atoms with Gasteiger partial charge >= 0.3 is 0 Å². The first-order valence-corrected chi connectivity index (χ1v) is 13.0. The van der Waals surface area contributed by atoms with E-state index < -0.39 is 0 Å². The molecule has 0 radical (unpaired) electrons. The van der Waals surface area contributed by atoms with Crippen LogP contribution in [0.3, 0.4) is 0 Å². The smallest absolute Gasteiger partial charge is 0.255 e. The maximum Gasteiger partial charge on any atom is 0.255 e. The van der Waals surface area contributed by atoms with Gasteiger partial charge in [-0.15, -0.1) is 11.3 Å². The molecule has 8 heteroatoms. The normalized spacial score (nSPS) is 11.2. The second kappa shape index (κ2) is 9.49. The number of nitrogens with one attached hydrogen (secondary N) is 2. The lowest BCUT2D eigenvalue weighted by molar-refractivity contribution is -0.113. The van der Waals surface area contributed by atoms with Crippen LogP contribution < -0.4 is 10.6 Å². The number of para-hydroxylation sites is 1. The second-order valence-electron chi connectivity index (χ2n) is 8.13. The highest BCUT2D eigenvalue weighted by Gasteiger charge is 2.12. The number of carbonyl (C=O) groups is 2. The molecule has 6 aromatic rings. The fourth-order valence-corrected chi connectivity index (χ4v) is 5.87. The Morgan fingerprint density at radius 1 is 0.806 bits per heavy atom. The number of aromatic nitrogens is 1. The zero-order valence-corrected chi connectivity index (χ0v) is 20.5. The van der Waals surface area contributed by atoms with E-state index >= 15 is 0 Å². The Labute approximate surface area is 214 Å². The number of amides is 2. The second-order valence-corrected chi connectivity index (χ2v) is 10.4. The van der Waals surface area contributed by atoms with Crippen LogP contribution in [0.2, 0.25) is 0 Å². The molecule has 0 aliphatic rings. The quantitative estimate of drug-likeness (QED) is 0.232. The van der Waals surface area contributed by atoms with Gasteiger partial charge in [0.05, 0.1) is 16.0 Å². The monoisotopic (exact) mass is 509 g/mol. The summed E-state index contributed by atoms with van der Waals surface area (Å²) < 4.78 is 7.64. The van der Waals surface area contributed by atoms with Gasteiger partial charge in [0.25, 0.3) is 5.91 Å². The summed E-state index contributed by atoms with van der Waals surface area (Å²) >= 11 is 2.87. The maximum absolute atomic E-state index is 12.6. The fourth-order valence-electron chi connectivity index (χ4n) is 3.96. The van der Waals surface area contributed by atoms with E-state index in [1.54, 1.807) is 12.1 Å². The van der Waals surface area contributed by atoms with Gasteiger partial charge in [-0.3, -0.25) is 9.59 Å². The fraction of sp³-hybridized carbons (Fsp3) is 0.0357. The summed E-state index contributed by atoms with van der Waals surface area (Å²) in [5.41, 5.74) is 4.39. The molecule has 0 aliphatic heterocycles. The van der Waals surface area contributed by atoms with Gasteiger partial charge in [-0.2, -0.15) is 0 Å². The molecular weight excluding hydrogens is 490 g/mol. The molecule has 6 nitrogen and oxygen atoms in total. The van der Waals surface area contributed by atoms with Gasteiger partial charge in [0.1, 0.15) is 11.2 Å². The molecule has 0 bridgehead atoms. The summed E-state index contributed by atoms with van der Waals surface area (Å²) in [5, 5.41) is 7.93. The Hall–Kier alpha value is -4.14. The van der Waals surface area contributed by atoms with Crippen LogP contribution in [0.15, 0.2) is 99.8 Å². The minimum Gasteiger partial charge on any atom is -0.456 e. The third-order valence-corrected chi connectivity index (χ3v) is 7.81. The molecule has 0 spiro atoms. The van der Waals surface area contributed by atoms with Gasteiger partial charge in [-0.1, -0.05) is 48.2 Å². The van der Waals surface area contributed by atoms with Gasteiger partial charge in [-0.05, 0) is 48.5 Å². The summed E-state index contributed by atoms with van der Waals surface area (Å²) in [6.45, 7) is 0. The highest BCUT2D eigenvalue weighted by atomic mass is 32.2. The first kappa shape index (κ1) is 22.3. The molecule has 2 N–H and O–H groups in total. The molecule has 0 saturated carbocycles. The van der Waals surface area contributed by atoms with Gasteiger partial charge in [0.2, 0.25) is 5.91 Å². The molecule has 2 amide bonds. The van der Waals surface area contributed by atoms with Crippen molar-refractivity contribution in [2.45, 2.75) is 4.34 Å². The van der Waals surface area contributed by atoms with Crippen molar-refractivity contribution < 1.29 is 14.0 Å². The van der Waals surface area contributed by atoms with Crippen LogP contribution in [0.4, 0.5) is 11.4 Å². The highest BCUT2D eigenvalue weighted by molar-refractivity contribution is 8.01. The van der Waals surface area contributed by atoms with E-state index in [1.165, 1.54) is 23.1 Å². The number of carbonyl (C=O) groups excluding carboxylic acids is 2. The number of thiazole rings is 1. The number of rotatable bonds is 6. The van der Waals surface area contributed by atoms with Crippen molar-refractivity contribution in [1.29, 1.82) is 0 Å². The number of thioether (sulfide) groups is 1. The van der Waals surface area contributed by atoms with E-state index in [2.05, 4.69) is 15.6 Å². The van der Waals surface area contributed by atoms with Crippen LogP contribution in [0.5, 0.6) is 0 Å². The molecular formula is C28H19N3O3S2. The number of benzene rings is 4. The Morgan fingerprint density at radius 2 is 1.56 bits per heavy atom. The Balaban J connectivity index is 1.10. The summed E-state index contributed by atoms with van der Waals surface area (Å²) in [6, 6.07) is 28.3. The van der Waals surface area contributed by atoms with E-state index in [4.69, 9.17) is 4.42 Å². The number of furan rings is 1. The third-order valence-electron chi connectivity index (χ3n) is 5.65. The van der Waals surface area contributed by atoms with E-state index in [9.17, 15) is 9.59 Å². The van der Waals surface area contributed by atoms with Crippen LogP contribution in [0.25, 0.3) is 32.2 Å². The molecule has 176 valence electrons. The van der Waals surface area contributed by atoms with Gasteiger partial charge < -0.3 is 15.1 Å². The average molecular weight is 510 g/mol. The van der Waals surface area contributed by atoms with Crippen molar-refractivity contribution in [2.24, 2.45) is 0 Å². The molecule has 0 fully saturated rings. The number of anilines is 2. The van der Waals surface area contributed by atoms with Crippen LogP contribution in [-0.2, 0) is 4.79 Å². The van der Waals surface area contributed by atoms with Crippen LogP contribution in [0, 0.1) is 0 Å². The molecule has 2 heterocycles. The van der Waals surface area contributed by atoms with Crippen molar-refractivity contribution in [1.82, 2.24) is 4.98 Å². The number of nitrogens with zero attached hydrogens (tertiary/aromatic N) is 1. The molecule has 6 rings (SSSR count). The first-order valence-electron chi connectivity index (χ1n) is 11.2. The standard InChI is InChI=1S/C28H19N3O3S2/c32-26(29-18-10-12-21-20-8-4-5-9-23(20)34-24(21)14-18)16-35-28-31-22-13-11-19(15-25(22)36-28)30-27(33)17-6-2-1-3-7-17/h1-15H,16H2,(H,29,32)(H,30,33). The lowest BCUT2D eigenvalue weighted by atomic mass is 10.1.